The van der Waals surface area contributed by atoms with E-state index in [0.717, 1.165) is 13.0 Å². The third-order valence-electron chi connectivity index (χ3n) is 2.22. The van der Waals surface area contributed by atoms with Crippen molar-refractivity contribution in [2.24, 2.45) is 5.73 Å². The van der Waals surface area contributed by atoms with E-state index in [2.05, 4.69) is 6.92 Å². The fourth-order valence-electron chi connectivity index (χ4n) is 1.42. The summed E-state index contributed by atoms with van der Waals surface area (Å²) in [5.74, 6) is 0. The summed E-state index contributed by atoms with van der Waals surface area (Å²) in [6.45, 7) is 4.96. The van der Waals surface area contributed by atoms with Crippen LogP contribution in [-0.4, -0.2) is 12.8 Å². The second-order valence-electron chi connectivity index (χ2n) is 3.55. The maximum atomic E-state index is 5.70. The van der Waals surface area contributed by atoms with Gasteiger partial charge in [0.15, 0.2) is 0 Å². The van der Waals surface area contributed by atoms with E-state index >= 15 is 0 Å². The van der Waals surface area contributed by atoms with E-state index in [1.165, 1.54) is 38.5 Å². The Hall–Kier alpha value is -0.0800. The van der Waals surface area contributed by atoms with Crippen molar-refractivity contribution in [1.29, 1.82) is 0 Å². The summed E-state index contributed by atoms with van der Waals surface area (Å²) in [6, 6.07) is 0. The average molecular weight is 187 g/mol. The number of hydrogen-bond donors (Lipinski definition) is 1. The monoisotopic (exact) mass is 187 g/mol. The molecule has 2 N–H and O–H groups in total. The second kappa shape index (κ2) is 10.0. The topological polar surface area (TPSA) is 35.2 Å². The molecule has 0 amide bonds. The Morgan fingerprint density at radius 3 is 2.23 bits per heavy atom. The predicted octanol–water partition coefficient (Wildman–Crippen LogP) is 3.06. The Kier molecular flexibility index (Phi) is 9.94. The lowest BCUT2D eigenvalue weighted by molar-refractivity contribution is 0.0597. The van der Waals surface area contributed by atoms with Crippen molar-refractivity contribution in [1.82, 2.24) is 0 Å². The molecule has 0 bridgehead atoms. The third kappa shape index (κ3) is 9.84. The Morgan fingerprint density at radius 2 is 1.62 bits per heavy atom. The Balaban J connectivity index is 2.97. The molecule has 1 unspecified atom stereocenters. The molecule has 0 heterocycles. The van der Waals surface area contributed by atoms with E-state index < -0.39 is 0 Å². The standard InChI is InChI=1S/C11H25NO/c1-3-5-6-7-8-9-10-11(12)13-4-2/h11H,3-10,12H2,1-2H3. The zero-order valence-electron chi connectivity index (χ0n) is 9.22. The van der Waals surface area contributed by atoms with Crippen molar-refractivity contribution < 1.29 is 4.74 Å². The van der Waals surface area contributed by atoms with Crippen molar-refractivity contribution in [2.45, 2.75) is 65.0 Å². The molecule has 0 saturated heterocycles. The minimum atomic E-state index is -0.0313. The minimum absolute atomic E-state index is 0.0313. The molecule has 0 rings (SSSR count). The van der Waals surface area contributed by atoms with Gasteiger partial charge in [-0.2, -0.15) is 0 Å². The van der Waals surface area contributed by atoms with Gasteiger partial charge in [0.1, 0.15) is 6.23 Å². The molecule has 0 fully saturated rings. The molecule has 13 heavy (non-hydrogen) atoms. The summed E-state index contributed by atoms with van der Waals surface area (Å²) in [4.78, 5) is 0. The SMILES string of the molecule is CCCCCCCCC(N)OCC. The van der Waals surface area contributed by atoms with Gasteiger partial charge in [-0.25, -0.2) is 0 Å². The molecule has 0 aromatic carbocycles. The van der Waals surface area contributed by atoms with Crippen LogP contribution >= 0.6 is 0 Å². The first-order valence-corrected chi connectivity index (χ1v) is 5.68. The quantitative estimate of drug-likeness (QED) is 0.445. The fourth-order valence-corrected chi connectivity index (χ4v) is 1.42. The minimum Gasteiger partial charge on any atom is -0.364 e. The lowest BCUT2D eigenvalue weighted by Crippen LogP contribution is -2.23. The van der Waals surface area contributed by atoms with Gasteiger partial charge in [0.2, 0.25) is 0 Å². The van der Waals surface area contributed by atoms with Gasteiger partial charge in [0.05, 0.1) is 0 Å². The van der Waals surface area contributed by atoms with Crippen molar-refractivity contribution in [3.8, 4) is 0 Å². The largest absolute Gasteiger partial charge is 0.364 e. The first kappa shape index (κ1) is 12.9. The Morgan fingerprint density at radius 1 is 1.00 bits per heavy atom. The average Bonchev–Trinajstić information content (AvgIpc) is 2.11. The number of ether oxygens (including phenoxy) is 1. The first-order chi connectivity index (χ1) is 6.31. The van der Waals surface area contributed by atoms with Crippen LogP contribution in [0.25, 0.3) is 0 Å². The highest BCUT2D eigenvalue weighted by Gasteiger charge is 1.99. The molecule has 0 aliphatic rings. The molecule has 0 aromatic heterocycles. The molecule has 0 aromatic rings. The van der Waals surface area contributed by atoms with Gasteiger partial charge in [-0.05, 0) is 19.8 Å². The highest BCUT2D eigenvalue weighted by Crippen LogP contribution is 2.08. The van der Waals surface area contributed by atoms with Crippen LogP contribution in [-0.2, 0) is 4.74 Å². The molecule has 0 aliphatic heterocycles. The summed E-state index contributed by atoms with van der Waals surface area (Å²) in [5, 5.41) is 0. The van der Waals surface area contributed by atoms with Crippen LogP contribution in [0.15, 0.2) is 0 Å². The van der Waals surface area contributed by atoms with E-state index in [4.69, 9.17) is 10.5 Å². The summed E-state index contributed by atoms with van der Waals surface area (Å²) < 4.78 is 5.25. The maximum Gasteiger partial charge on any atom is 0.105 e. The molecule has 0 spiro atoms. The molecule has 0 saturated carbocycles. The molecular weight excluding hydrogens is 162 g/mol. The van der Waals surface area contributed by atoms with E-state index in [1.807, 2.05) is 6.92 Å². The van der Waals surface area contributed by atoms with Crippen molar-refractivity contribution in [2.75, 3.05) is 6.61 Å². The van der Waals surface area contributed by atoms with Gasteiger partial charge >= 0.3 is 0 Å². The van der Waals surface area contributed by atoms with Gasteiger partial charge in [-0.15, -0.1) is 0 Å². The van der Waals surface area contributed by atoms with E-state index in [0.29, 0.717) is 0 Å². The van der Waals surface area contributed by atoms with E-state index in [-0.39, 0.29) is 6.23 Å². The lowest BCUT2D eigenvalue weighted by Gasteiger charge is -2.10. The van der Waals surface area contributed by atoms with E-state index in [1.54, 1.807) is 0 Å². The molecular formula is C11H25NO. The molecule has 1 atom stereocenters. The van der Waals surface area contributed by atoms with Crippen molar-refractivity contribution >= 4 is 0 Å². The molecule has 0 radical (unpaired) electrons. The van der Waals surface area contributed by atoms with Crippen LogP contribution < -0.4 is 5.73 Å². The second-order valence-corrected chi connectivity index (χ2v) is 3.55. The number of hydrogen-bond acceptors (Lipinski definition) is 2. The lowest BCUT2D eigenvalue weighted by atomic mass is 10.1. The molecule has 0 aliphatic carbocycles. The van der Waals surface area contributed by atoms with Crippen LogP contribution in [0.1, 0.15) is 58.8 Å². The molecule has 2 heteroatoms. The number of rotatable bonds is 9. The Bertz CT molecular complexity index is 96.1. The van der Waals surface area contributed by atoms with Crippen LogP contribution in [0.5, 0.6) is 0 Å². The molecule has 2 nitrogen and oxygen atoms in total. The third-order valence-corrected chi connectivity index (χ3v) is 2.22. The summed E-state index contributed by atoms with van der Waals surface area (Å²) in [6.07, 6.45) is 8.92. The summed E-state index contributed by atoms with van der Waals surface area (Å²) >= 11 is 0. The molecule has 80 valence electrons. The Labute approximate surface area is 82.8 Å². The highest BCUT2D eigenvalue weighted by molar-refractivity contribution is 4.50. The zero-order valence-corrected chi connectivity index (χ0v) is 9.22. The van der Waals surface area contributed by atoms with Gasteiger partial charge in [0.25, 0.3) is 0 Å². The van der Waals surface area contributed by atoms with E-state index in [9.17, 15) is 0 Å². The fraction of sp³-hybridized carbons (Fsp3) is 1.00. The van der Waals surface area contributed by atoms with Crippen LogP contribution in [0.3, 0.4) is 0 Å². The van der Waals surface area contributed by atoms with Gasteiger partial charge in [0, 0.05) is 6.61 Å². The highest BCUT2D eigenvalue weighted by atomic mass is 16.5. The van der Waals surface area contributed by atoms with Gasteiger partial charge < -0.3 is 10.5 Å². The van der Waals surface area contributed by atoms with Gasteiger partial charge in [-0.1, -0.05) is 39.0 Å². The summed E-state index contributed by atoms with van der Waals surface area (Å²) in [7, 11) is 0. The normalized spacial score (nSPS) is 13.2. The van der Waals surface area contributed by atoms with Crippen LogP contribution in [0.4, 0.5) is 0 Å². The van der Waals surface area contributed by atoms with Gasteiger partial charge in [-0.3, -0.25) is 0 Å². The smallest absolute Gasteiger partial charge is 0.105 e. The summed E-state index contributed by atoms with van der Waals surface area (Å²) in [5.41, 5.74) is 5.70. The number of nitrogens with two attached hydrogens (primary N) is 1. The van der Waals surface area contributed by atoms with Crippen LogP contribution in [0.2, 0.25) is 0 Å². The number of unbranched alkanes of at least 4 members (excludes halogenated alkanes) is 5. The predicted molar refractivity (Wildman–Crippen MR) is 57.6 cm³/mol. The maximum absolute atomic E-state index is 5.70. The van der Waals surface area contributed by atoms with Crippen LogP contribution in [0, 0.1) is 0 Å². The first-order valence-electron chi connectivity index (χ1n) is 5.68. The van der Waals surface area contributed by atoms with Crippen molar-refractivity contribution in [3.63, 3.8) is 0 Å². The zero-order chi connectivity index (χ0) is 9.94. The van der Waals surface area contributed by atoms with Crippen molar-refractivity contribution in [3.05, 3.63) is 0 Å².